The van der Waals surface area contributed by atoms with Gasteiger partial charge in [-0.05, 0) is 18.8 Å². The van der Waals surface area contributed by atoms with Crippen molar-refractivity contribution in [1.29, 1.82) is 5.41 Å². The molecule has 0 saturated heterocycles. The molecule has 4 heteroatoms. The first-order chi connectivity index (χ1) is 5.97. The summed E-state index contributed by atoms with van der Waals surface area (Å²) in [5, 5.41) is 15.8. The predicted octanol–water partition coefficient (Wildman–Crippen LogP) is 1.45. The van der Waals surface area contributed by atoms with Crippen molar-refractivity contribution in [2.75, 3.05) is 0 Å². The smallest absolute Gasteiger partial charge is 0.306 e. The SMILES string of the molecule is CCC(CC(C)CC(=N)N)C(=O)O. The topological polar surface area (TPSA) is 87.2 Å². The zero-order chi connectivity index (χ0) is 10.4. The van der Waals surface area contributed by atoms with Crippen LogP contribution in [-0.4, -0.2) is 16.9 Å². The fourth-order valence-electron chi connectivity index (χ4n) is 1.39. The Hall–Kier alpha value is -1.06. The minimum absolute atomic E-state index is 0.132. The van der Waals surface area contributed by atoms with E-state index in [1.807, 2.05) is 13.8 Å². The average Bonchev–Trinajstić information content (AvgIpc) is 1.98. The van der Waals surface area contributed by atoms with Crippen molar-refractivity contribution in [1.82, 2.24) is 0 Å². The molecule has 0 fully saturated rings. The molecule has 0 bridgehead atoms. The van der Waals surface area contributed by atoms with Crippen LogP contribution >= 0.6 is 0 Å². The van der Waals surface area contributed by atoms with Gasteiger partial charge in [0.1, 0.15) is 0 Å². The molecule has 2 atom stereocenters. The number of rotatable bonds is 6. The molecule has 2 unspecified atom stereocenters. The normalized spacial score (nSPS) is 14.9. The zero-order valence-electron chi connectivity index (χ0n) is 8.21. The molecule has 0 radical (unpaired) electrons. The first-order valence-corrected chi connectivity index (χ1v) is 4.53. The molecule has 4 nitrogen and oxygen atoms in total. The molecule has 0 amide bonds. The number of hydrogen-bond acceptors (Lipinski definition) is 2. The largest absolute Gasteiger partial charge is 0.481 e. The van der Waals surface area contributed by atoms with Gasteiger partial charge in [-0.2, -0.15) is 0 Å². The van der Waals surface area contributed by atoms with Crippen LogP contribution in [0.2, 0.25) is 0 Å². The number of carbonyl (C=O) groups is 1. The van der Waals surface area contributed by atoms with Crippen molar-refractivity contribution in [3.05, 3.63) is 0 Å². The lowest BCUT2D eigenvalue weighted by Crippen LogP contribution is -2.20. The summed E-state index contributed by atoms with van der Waals surface area (Å²) in [5.41, 5.74) is 5.22. The first kappa shape index (κ1) is 11.9. The van der Waals surface area contributed by atoms with Crippen LogP contribution in [0, 0.1) is 17.2 Å². The number of nitrogens with one attached hydrogen (secondary N) is 1. The number of aliphatic carboxylic acids is 1. The van der Waals surface area contributed by atoms with E-state index in [1.54, 1.807) is 0 Å². The van der Waals surface area contributed by atoms with E-state index in [0.29, 0.717) is 19.3 Å². The Bertz CT molecular complexity index is 192. The summed E-state index contributed by atoms with van der Waals surface area (Å²) >= 11 is 0. The summed E-state index contributed by atoms with van der Waals surface area (Å²) in [4.78, 5) is 10.7. The molecule has 0 aromatic carbocycles. The van der Waals surface area contributed by atoms with Crippen LogP contribution in [0.3, 0.4) is 0 Å². The maximum absolute atomic E-state index is 10.7. The third-order valence-corrected chi connectivity index (χ3v) is 2.10. The number of carboxylic acids is 1. The second kappa shape index (κ2) is 5.56. The van der Waals surface area contributed by atoms with Crippen LogP contribution in [0.25, 0.3) is 0 Å². The number of nitrogens with two attached hydrogens (primary N) is 1. The number of carboxylic acid groups (broad SMARTS) is 1. The zero-order valence-corrected chi connectivity index (χ0v) is 8.21. The fourth-order valence-corrected chi connectivity index (χ4v) is 1.39. The molecule has 0 saturated carbocycles. The molecule has 0 spiro atoms. The van der Waals surface area contributed by atoms with Crippen LogP contribution in [0.1, 0.15) is 33.1 Å². The second-order valence-corrected chi connectivity index (χ2v) is 3.51. The molecule has 0 aliphatic heterocycles. The van der Waals surface area contributed by atoms with E-state index in [9.17, 15) is 4.79 Å². The molecule has 0 aromatic heterocycles. The summed E-state index contributed by atoms with van der Waals surface area (Å²) in [7, 11) is 0. The molecule has 0 aromatic rings. The van der Waals surface area contributed by atoms with E-state index in [2.05, 4.69) is 0 Å². The molecule has 0 heterocycles. The van der Waals surface area contributed by atoms with Crippen LogP contribution in [0.15, 0.2) is 0 Å². The van der Waals surface area contributed by atoms with Gasteiger partial charge < -0.3 is 10.8 Å². The highest BCUT2D eigenvalue weighted by Gasteiger charge is 2.18. The first-order valence-electron chi connectivity index (χ1n) is 4.53. The minimum Gasteiger partial charge on any atom is -0.481 e. The molecular formula is C9H18N2O2. The minimum atomic E-state index is -0.752. The number of hydrogen-bond donors (Lipinski definition) is 3. The van der Waals surface area contributed by atoms with Crippen molar-refractivity contribution in [3.8, 4) is 0 Å². The van der Waals surface area contributed by atoms with E-state index < -0.39 is 5.97 Å². The summed E-state index contributed by atoms with van der Waals surface area (Å²) in [6.07, 6.45) is 1.73. The van der Waals surface area contributed by atoms with Crippen molar-refractivity contribution >= 4 is 11.8 Å². The third-order valence-electron chi connectivity index (χ3n) is 2.10. The summed E-state index contributed by atoms with van der Waals surface area (Å²) in [6.45, 7) is 3.78. The molecule has 0 rings (SSSR count). The van der Waals surface area contributed by atoms with E-state index in [4.69, 9.17) is 16.2 Å². The summed E-state index contributed by atoms with van der Waals surface area (Å²) in [6, 6.07) is 0. The summed E-state index contributed by atoms with van der Waals surface area (Å²) < 4.78 is 0. The third kappa shape index (κ3) is 5.22. The van der Waals surface area contributed by atoms with E-state index in [0.717, 1.165) is 0 Å². The Morgan fingerprint density at radius 2 is 2.15 bits per heavy atom. The molecular weight excluding hydrogens is 168 g/mol. The van der Waals surface area contributed by atoms with Gasteiger partial charge in [-0.15, -0.1) is 0 Å². The van der Waals surface area contributed by atoms with Gasteiger partial charge in [-0.1, -0.05) is 13.8 Å². The molecule has 4 N–H and O–H groups in total. The van der Waals surface area contributed by atoms with Gasteiger partial charge in [-0.25, -0.2) is 0 Å². The number of amidine groups is 1. The second-order valence-electron chi connectivity index (χ2n) is 3.51. The maximum atomic E-state index is 10.7. The monoisotopic (exact) mass is 186 g/mol. The van der Waals surface area contributed by atoms with Gasteiger partial charge in [0.25, 0.3) is 0 Å². The van der Waals surface area contributed by atoms with Crippen LogP contribution in [-0.2, 0) is 4.79 Å². The summed E-state index contributed by atoms with van der Waals surface area (Å²) in [5.74, 6) is -0.737. The standard InChI is InChI=1S/C9H18N2O2/c1-3-7(9(12)13)4-6(2)5-8(10)11/h6-7H,3-5H2,1-2H3,(H3,10,11)(H,12,13). The van der Waals surface area contributed by atoms with E-state index in [1.165, 1.54) is 0 Å². The van der Waals surface area contributed by atoms with Crippen molar-refractivity contribution in [3.63, 3.8) is 0 Å². The van der Waals surface area contributed by atoms with Gasteiger partial charge >= 0.3 is 5.97 Å². The average molecular weight is 186 g/mol. The Morgan fingerprint density at radius 1 is 1.62 bits per heavy atom. The van der Waals surface area contributed by atoms with E-state index >= 15 is 0 Å². The molecule has 76 valence electrons. The van der Waals surface area contributed by atoms with Crippen molar-refractivity contribution in [2.24, 2.45) is 17.6 Å². The Balaban J connectivity index is 3.93. The highest BCUT2D eigenvalue weighted by Crippen LogP contribution is 2.18. The molecule has 0 aliphatic rings. The lowest BCUT2D eigenvalue weighted by Gasteiger charge is -2.15. The van der Waals surface area contributed by atoms with Gasteiger partial charge in [0.2, 0.25) is 0 Å². The highest BCUT2D eigenvalue weighted by atomic mass is 16.4. The Kier molecular flexibility index (Phi) is 5.11. The predicted molar refractivity (Wildman–Crippen MR) is 51.7 cm³/mol. The highest BCUT2D eigenvalue weighted by molar-refractivity contribution is 5.77. The van der Waals surface area contributed by atoms with Gasteiger partial charge in [0.05, 0.1) is 11.8 Å². The van der Waals surface area contributed by atoms with Crippen LogP contribution < -0.4 is 5.73 Å². The molecule has 0 aliphatic carbocycles. The van der Waals surface area contributed by atoms with Gasteiger partial charge in [0, 0.05) is 6.42 Å². The van der Waals surface area contributed by atoms with Crippen molar-refractivity contribution in [2.45, 2.75) is 33.1 Å². The van der Waals surface area contributed by atoms with E-state index in [-0.39, 0.29) is 17.7 Å². The maximum Gasteiger partial charge on any atom is 0.306 e. The lowest BCUT2D eigenvalue weighted by molar-refractivity contribution is -0.142. The Labute approximate surface area is 78.6 Å². The molecule has 13 heavy (non-hydrogen) atoms. The van der Waals surface area contributed by atoms with Crippen LogP contribution in [0.5, 0.6) is 0 Å². The Morgan fingerprint density at radius 3 is 2.46 bits per heavy atom. The van der Waals surface area contributed by atoms with Crippen LogP contribution in [0.4, 0.5) is 0 Å². The quantitative estimate of drug-likeness (QED) is 0.433. The fraction of sp³-hybridized carbons (Fsp3) is 0.778. The van der Waals surface area contributed by atoms with Gasteiger partial charge in [0.15, 0.2) is 0 Å². The van der Waals surface area contributed by atoms with Crippen molar-refractivity contribution < 1.29 is 9.90 Å². The van der Waals surface area contributed by atoms with Gasteiger partial charge in [-0.3, -0.25) is 10.2 Å². The lowest BCUT2D eigenvalue weighted by atomic mass is 9.91.